The minimum atomic E-state index is -1.00. The van der Waals surface area contributed by atoms with Crippen LogP contribution in [0.1, 0.15) is 50.7 Å². The van der Waals surface area contributed by atoms with E-state index in [1.165, 1.54) is 18.4 Å². The lowest BCUT2D eigenvalue weighted by molar-refractivity contribution is -0.0349. The van der Waals surface area contributed by atoms with E-state index in [1.807, 2.05) is 60.7 Å². The third-order valence-corrected chi connectivity index (χ3v) is 9.24. The first kappa shape index (κ1) is 24.7. The van der Waals surface area contributed by atoms with Crippen LogP contribution in [0.3, 0.4) is 0 Å². The van der Waals surface area contributed by atoms with E-state index >= 15 is 0 Å². The van der Waals surface area contributed by atoms with Gasteiger partial charge in [0.15, 0.2) is 0 Å². The van der Waals surface area contributed by atoms with Crippen LogP contribution in [-0.4, -0.2) is 54.1 Å². The van der Waals surface area contributed by atoms with E-state index in [9.17, 15) is 10.2 Å². The van der Waals surface area contributed by atoms with Crippen LogP contribution in [0.5, 0.6) is 0 Å². The van der Waals surface area contributed by atoms with E-state index in [4.69, 9.17) is 4.74 Å². The van der Waals surface area contributed by atoms with Gasteiger partial charge in [0, 0.05) is 6.54 Å². The molecule has 2 fully saturated rings. The fourth-order valence-electron chi connectivity index (χ4n) is 6.86. The summed E-state index contributed by atoms with van der Waals surface area (Å²) in [6, 6.07) is 20.1. The number of ether oxygens (including phenoxy) is 1. The monoisotopic (exact) mass is 475 g/mol. The molecule has 35 heavy (non-hydrogen) atoms. The highest BCUT2D eigenvalue weighted by molar-refractivity contribution is 5.37. The summed E-state index contributed by atoms with van der Waals surface area (Å²) in [5, 5.41) is 22.7. The van der Waals surface area contributed by atoms with Crippen molar-refractivity contribution in [2.24, 2.45) is 23.2 Å². The Balaban J connectivity index is 1.13. The highest BCUT2D eigenvalue weighted by Crippen LogP contribution is 2.59. The molecule has 188 valence electrons. The quantitative estimate of drug-likeness (QED) is 0.501. The van der Waals surface area contributed by atoms with E-state index in [0.717, 1.165) is 43.0 Å². The van der Waals surface area contributed by atoms with Gasteiger partial charge >= 0.3 is 0 Å². The number of piperidine rings is 1. The third kappa shape index (κ3) is 4.86. The zero-order chi connectivity index (χ0) is 24.5. The largest absolute Gasteiger partial charge is 0.389 e. The number of aliphatic hydroxyl groups excluding tert-OH is 1. The predicted molar refractivity (Wildman–Crippen MR) is 140 cm³/mol. The average molecular weight is 476 g/mol. The van der Waals surface area contributed by atoms with Gasteiger partial charge in [0.1, 0.15) is 5.60 Å². The number of fused-ring (bicyclic) bond motifs is 1. The maximum atomic E-state index is 12.1. The van der Waals surface area contributed by atoms with Crippen LogP contribution in [0.2, 0.25) is 0 Å². The van der Waals surface area contributed by atoms with Crippen LogP contribution in [0.4, 0.5) is 0 Å². The SMILES string of the molecule is CC1(C)[C@H]2CC=C(COC[C@@H](O)CN3CCC(C(O)(c4ccccc4)c4ccccc4)CC3)[C@H]1C2. The molecule has 2 aromatic carbocycles. The Kier molecular flexibility index (Phi) is 7.18. The molecule has 2 aromatic rings. The number of likely N-dealkylation sites (tertiary alicyclic amines) is 1. The summed E-state index contributed by atoms with van der Waals surface area (Å²) in [6.07, 6.45) is 6.15. The number of rotatable bonds is 9. The number of benzene rings is 2. The van der Waals surface area contributed by atoms with Crippen LogP contribution < -0.4 is 0 Å². The van der Waals surface area contributed by atoms with Gasteiger partial charge in [-0.15, -0.1) is 0 Å². The fourth-order valence-corrected chi connectivity index (χ4v) is 6.86. The van der Waals surface area contributed by atoms with Crippen molar-refractivity contribution in [3.63, 3.8) is 0 Å². The molecular weight excluding hydrogens is 434 g/mol. The number of β-amino-alcohol motifs (C(OH)–C–C–N with tert-alkyl or cyclic N) is 1. The lowest BCUT2D eigenvalue weighted by Gasteiger charge is -2.56. The first-order chi connectivity index (χ1) is 16.9. The molecule has 3 atom stereocenters. The molecule has 4 nitrogen and oxygen atoms in total. The van der Waals surface area contributed by atoms with Crippen LogP contribution in [0.25, 0.3) is 0 Å². The van der Waals surface area contributed by atoms with Crippen molar-refractivity contribution < 1.29 is 14.9 Å². The Hall–Kier alpha value is -1.98. The van der Waals surface area contributed by atoms with Crippen molar-refractivity contribution in [1.82, 2.24) is 4.90 Å². The summed E-state index contributed by atoms with van der Waals surface area (Å²) < 4.78 is 5.97. The maximum absolute atomic E-state index is 12.1. The molecule has 6 rings (SSSR count). The minimum absolute atomic E-state index is 0.129. The molecule has 0 unspecified atom stereocenters. The van der Waals surface area contributed by atoms with Gasteiger partial charge in [-0.25, -0.2) is 0 Å². The Bertz CT molecular complexity index is 955. The molecule has 4 heteroatoms. The second-order valence-electron chi connectivity index (χ2n) is 11.6. The first-order valence-corrected chi connectivity index (χ1v) is 13.4. The summed E-state index contributed by atoms with van der Waals surface area (Å²) in [4.78, 5) is 2.32. The fraction of sp³-hybridized carbons (Fsp3) is 0.548. The Morgan fingerprint density at radius 3 is 2.14 bits per heavy atom. The zero-order valence-corrected chi connectivity index (χ0v) is 21.3. The van der Waals surface area contributed by atoms with Gasteiger partial charge in [0.2, 0.25) is 0 Å². The number of hydrogen-bond acceptors (Lipinski definition) is 4. The Morgan fingerprint density at radius 1 is 1.00 bits per heavy atom. The van der Waals surface area contributed by atoms with Gasteiger partial charge in [-0.3, -0.25) is 0 Å². The number of nitrogens with zero attached hydrogens (tertiary/aromatic N) is 1. The zero-order valence-electron chi connectivity index (χ0n) is 21.3. The minimum Gasteiger partial charge on any atom is -0.389 e. The van der Waals surface area contributed by atoms with Crippen molar-refractivity contribution in [2.45, 2.75) is 51.2 Å². The van der Waals surface area contributed by atoms with Crippen molar-refractivity contribution >= 4 is 0 Å². The smallest absolute Gasteiger partial charge is 0.117 e. The Morgan fingerprint density at radius 2 is 1.60 bits per heavy atom. The molecule has 1 aliphatic heterocycles. The van der Waals surface area contributed by atoms with Crippen molar-refractivity contribution in [1.29, 1.82) is 0 Å². The van der Waals surface area contributed by atoms with Crippen LogP contribution in [0, 0.1) is 23.2 Å². The molecule has 1 heterocycles. The third-order valence-electron chi connectivity index (χ3n) is 9.24. The van der Waals surface area contributed by atoms with Gasteiger partial charge < -0.3 is 19.8 Å². The van der Waals surface area contributed by atoms with Crippen molar-refractivity contribution in [3.8, 4) is 0 Å². The molecule has 1 saturated carbocycles. The standard InChI is InChI=1S/C31H41NO3/c1-30(2)27-14-13-23(29(30)19-27)21-35-22-28(33)20-32-17-15-26(16-18-32)31(34,24-9-5-3-6-10-24)25-11-7-4-8-12-25/h3-13,26-29,33-34H,14-22H2,1-2H3/t27-,28-,29+/m0/s1. The Labute approximate surface area is 210 Å². The highest BCUT2D eigenvalue weighted by atomic mass is 16.5. The summed E-state index contributed by atoms with van der Waals surface area (Å²) in [7, 11) is 0. The van der Waals surface area contributed by atoms with Gasteiger partial charge in [-0.1, -0.05) is 80.6 Å². The second-order valence-corrected chi connectivity index (χ2v) is 11.6. The van der Waals surface area contributed by atoms with E-state index in [1.54, 1.807) is 0 Å². The number of allylic oxidation sites excluding steroid dienone is 1. The van der Waals surface area contributed by atoms with Gasteiger partial charge in [-0.2, -0.15) is 0 Å². The summed E-state index contributed by atoms with van der Waals surface area (Å²) in [5.41, 5.74) is 2.76. The van der Waals surface area contributed by atoms with E-state index < -0.39 is 11.7 Å². The molecule has 1 saturated heterocycles. The van der Waals surface area contributed by atoms with Crippen LogP contribution in [-0.2, 0) is 10.3 Å². The number of hydrogen-bond donors (Lipinski definition) is 2. The molecule has 2 N–H and O–H groups in total. The van der Waals surface area contributed by atoms with E-state index in [2.05, 4.69) is 24.8 Å². The van der Waals surface area contributed by atoms with Gasteiger partial charge in [0.25, 0.3) is 0 Å². The molecule has 0 radical (unpaired) electrons. The molecule has 0 amide bonds. The summed E-state index contributed by atoms with van der Waals surface area (Å²) in [6.45, 7) is 8.16. The van der Waals surface area contributed by atoms with Gasteiger partial charge in [0.05, 0.1) is 19.3 Å². The lowest BCUT2D eigenvalue weighted by Crippen LogP contribution is -2.49. The molecule has 3 aliphatic carbocycles. The molecular formula is C31H41NO3. The summed E-state index contributed by atoms with van der Waals surface area (Å²) >= 11 is 0. The molecule has 0 aromatic heterocycles. The summed E-state index contributed by atoms with van der Waals surface area (Å²) in [5.74, 6) is 1.63. The van der Waals surface area contributed by atoms with Crippen molar-refractivity contribution in [3.05, 3.63) is 83.4 Å². The van der Waals surface area contributed by atoms with Gasteiger partial charge in [-0.05, 0) is 78.6 Å². The number of aliphatic hydroxyl groups is 2. The van der Waals surface area contributed by atoms with Crippen molar-refractivity contribution in [2.75, 3.05) is 32.8 Å². The van der Waals surface area contributed by atoms with E-state index in [0.29, 0.717) is 31.1 Å². The van der Waals surface area contributed by atoms with Crippen LogP contribution >= 0.6 is 0 Å². The first-order valence-electron chi connectivity index (χ1n) is 13.4. The topological polar surface area (TPSA) is 52.9 Å². The lowest BCUT2D eigenvalue weighted by atomic mass is 9.49. The average Bonchev–Trinajstić information content (AvgIpc) is 2.89. The predicted octanol–water partition coefficient (Wildman–Crippen LogP) is 5.00. The molecule has 0 spiro atoms. The van der Waals surface area contributed by atoms with Crippen LogP contribution in [0.15, 0.2) is 72.3 Å². The molecule has 2 bridgehead atoms. The maximum Gasteiger partial charge on any atom is 0.117 e. The normalized spacial score (nSPS) is 25.5. The van der Waals surface area contributed by atoms with E-state index in [-0.39, 0.29) is 5.92 Å². The second kappa shape index (κ2) is 10.2. The molecule has 4 aliphatic rings. The highest BCUT2D eigenvalue weighted by Gasteiger charge is 2.51.